The summed E-state index contributed by atoms with van der Waals surface area (Å²) in [7, 11) is 0. The highest BCUT2D eigenvalue weighted by Gasteiger charge is 1.84. The summed E-state index contributed by atoms with van der Waals surface area (Å²) in [5.74, 6) is 1.68. The van der Waals surface area contributed by atoms with Crippen LogP contribution in [0.25, 0.3) is 0 Å². The van der Waals surface area contributed by atoms with Crippen LogP contribution >= 0.6 is 0 Å². The molecule has 0 aliphatic rings. The Morgan fingerprint density at radius 3 is 1.17 bits per heavy atom. The monoisotopic (exact) mass is 324 g/mol. The van der Waals surface area contributed by atoms with Crippen LogP contribution in [0.4, 0.5) is 0 Å². The number of nitrogens with zero attached hydrogens (tertiary/aromatic N) is 6. The molecule has 6 nitrogen and oxygen atoms in total. The van der Waals surface area contributed by atoms with Crippen molar-refractivity contribution in [3.63, 3.8) is 0 Å². The first-order valence-corrected chi connectivity index (χ1v) is 7.64. The van der Waals surface area contributed by atoms with E-state index in [9.17, 15) is 0 Å². The van der Waals surface area contributed by atoms with Gasteiger partial charge in [0.15, 0.2) is 0 Å². The summed E-state index contributed by atoms with van der Waals surface area (Å²) in [5, 5.41) is 0. The van der Waals surface area contributed by atoms with Crippen molar-refractivity contribution in [3.05, 3.63) is 71.3 Å². The van der Waals surface area contributed by atoms with Gasteiger partial charge in [-0.25, -0.2) is 29.9 Å². The van der Waals surface area contributed by atoms with Gasteiger partial charge in [-0.05, 0) is 59.7 Å². The van der Waals surface area contributed by atoms with Crippen LogP contribution in [-0.4, -0.2) is 29.9 Å². The van der Waals surface area contributed by atoms with E-state index in [0.29, 0.717) is 0 Å². The van der Waals surface area contributed by atoms with E-state index in [0.717, 1.165) is 34.4 Å². The Morgan fingerprint density at radius 1 is 0.542 bits per heavy atom. The first kappa shape index (κ1) is 19.3. The van der Waals surface area contributed by atoms with Crippen molar-refractivity contribution in [2.24, 2.45) is 0 Å². The summed E-state index contributed by atoms with van der Waals surface area (Å²) in [5.41, 5.74) is 4.10. The Labute approximate surface area is 143 Å². The van der Waals surface area contributed by atoms with E-state index in [4.69, 9.17) is 0 Å². The summed E-state index contributed by atoms with van der Waals surface area (Å²) in [6.45, 7) is 11.6. The van der Waals surface area contributed by atoms with E-state index in [1.165, 1.54) is 0 Å². The fourth-order valence-electron chi connectivity index (χ4n) is 1.74. The molecule has 0 amide bonds. The molecule has 0 saturated heterocycles. The third-order valence-electron chi connectivity index (χ3n) is 2.77. The molecular weight excluding hydrogens is 300 g/mol. The zero-order valence-corrected chi connectivity index (χ0v) is 15.1. The maximum absolute atomic E-state index is 4.06. The van der Waals surface area contributed by atoms with E-state index in [2.05, 4.69) is 29.9 Å². The van der Waals surface area contributed by atoms with Gasteiger partial charge in [-0.15, -0.1) is 0 Å². The molecule has 0 fully saturated rings. The summed E-state index contributed by atoms with van der Waals surface area (Å²) in [6, 6.07) is 5.71. The van der Waals surface area contributed by atoms with Gasteiger partial charge >= 0.3 is 0 Å². The van der Waals surface area contributed by atoms with Crippen LogP contribution in [-0.2, 0) is 0 Å². The lowest BCUT2D eigenvalue weighted by Crippen LogP contribution is -1.86. The van der Waals surface area contributed by atoms with Crippen LogP contribution in [0.5, 0.6) is 0 Å². The third-order valence-corrected chi connectivity index (χ3v) is 2.77. The number of aryl methyl sites for hydroxylation is 6. The van der Waals surface area contributed by atoms with Gasteiger partial charge in [0.2, 0.25) is 0 Å². The summed E-state index contributed by atoms with van der Waals surface area (Å²) in [6.07, 6.45) is 5.10. The van der Waals surface area contributed by atoms with Crippen molar-refractivity contribution >= 4 is 0 Å². The summed E-state index contributed by atoms with van der Waals surface area (Å²) in [4.78, 5) is 23.8. The van der Waals surface area contributed by atoms with E-state index in [1.54, 1.807) is 18.7 Å². The molecule has 0 aromatic carbocycles. The van der Waals surface area contributed by atoms with Gasteiger partial charge < -0.3 is 0 Å². The number of rotatable bonds is 0. The molecule has 0 atom stereocenters. The maximum atomic E-state index is 4.06. The first-order chi connectivity index (χ1) is 11.4. The van der Waals surface area contributed by atoms with Crippen LogP contribution < -0.4 is 0 Å². The number of hydrogen-bond acceptors (Lipinski definition) is 6. The highest BCUT2D eigenvalue weighted by atomic mass is 14.9. The Morgan fingerprint density at radius 2 is 0.958 bits per heavy atom. The second-order valence-electron chi connectivity index (χ2n) is 5.29. The summed E-state index contributed by atoms with van der Waals surface area (Å²) < 4.78 is 0. The van der Waals surface area contributed by atoms with Crippen molar-refractivity contribution in [1.29, 1.82) is 0 Å². The Hall–Kier alpha value is -2.76. The van der Waals surface area contributed by atoms with Gasteiger partial charge in [0.05, 0.1) is 0 Å². The minimum absolute atomic E-state index is 0.838. The molecule has 24 heavy (non-hydrogen) atoms. The lowest BCUT2D eigenvalue weighted by Gasteiger charge is -1.89. The minimum atomic E-state index is 0.838. The number of aromatic nitrogens is 6. The predicted octanol–water partition coefficient (Wildman–Crippen LogP) is 3.28. The Bertz CT molecular complexity index is 603. The lowest BCUT2D eigenvalue weighted by molar-refractivity contribution is 1.01. The van der Waals surface area contributed by atoms with Crippen LogP contribution in [0.1, 0.15) is 34.4 Å². The molecule has 3 rings (SSSR count). The fourth-order valence-corrected chi connectivity index (χ4v) is 1.74. The zero-order valence-electron chi connectivity index (χ0n) is 15.1. The molecule has 0 N–H and O–H groups in total. The molecule has 0 spiro atoms. The average molecular weight is 324 g/mol. The topological polar surface area (TPSA) is 77.3 Å². The van der Waals surface area contributed by atoms with Gasteiger partial charge in [-0.1, -0.05) is 0 Å². The first-order valence-electron chi connectivity index (χ1n) is 7.64. The molecule has 3 heterocycles. The smallest absolute Gasteiger partial charge is 0.125 e. The van der Waals surface area contributed by atoms with Crippen LogP contribution in [0.2, 0.25) is 0 Å². The largest absolute Gasteiger partial charge is 0.242 e. The highest BCUT2D eigenvalue weighted by molar-refractivity contribution is 5.03. The van der Waals surface area contributed by atoms with Crippen molar-refractivity contribution in [2.75, 3.05) is 0 Å². The molecule has 3 aromatic heterocycles. The molecule has 0 bridgehead atoms. The van der Waals surface area contributed by atoms with Crippen molar-refractivity contribution in [2.45, 2.75) is 41.5 Å². The van der Waals surface area contributed by atoms with Crippen molar-refractivity contribution in [1.82, 2.24) is 29.9 Å². The van der Waals surface area contributed by atoms with E-state index in [1.807, 2.05) is 59.7 Å². The van der Waals surface area contributed by atoms with Crippen molar-refractivity contribution < 1.29 is 0 Å². The molecule has 0 saturated carbocycles. The van der Waals surface area contributed by atoms with E-state index < -0.39 is 0 Å². The van der Waals surface area contributed by atoms with Gasteiger partial charge in [0.25, 0.3) is 0 Å². The van der Waals surface area contributed by atoms with Crippen LogP contribution in [0, 0.1) is 41.5 Å². The third kappa shape index (κ3) is 8.63. The second-order valence-corrected chi connectivity index (χ2v) is 5.29. The van der Waals surface area contributed by atoms with E-state index in [-0.39, 0.29) is 0 Å². The maximum Gasteiger partial charge on any atom is 0.125 e. The molecule has 0 aliphatic heterocycles. The molecule has 6 heteroatoms. The van der Waals surface area contributed by atoms with Gasteiger partial charge in [0.1, 0.15) is 18.0 Å². The molecule has 126 valence electrons. The molecule has 0 aliphatic carbocycles. The Kier molecular flexibility index (Phi) is 8.11. The van der Waals surface area contributed by atoms with Crippen LogP contribution in [0.3, 0.4) is 0 Å². The lowest BCUT2D eigenvalue weighted by atomic mass is 10.4. The fraction of sp³-hybridized carbons (Fsp3) is 0.333. The number of hydrogen-bond donors (Lipinski definition) is 0. The Balaban J connectivity index is 0.000000180. The average Bonchev–Trinajstić information content (AvgIpc) is 2.47. The SMILES string of the molecule is Cc1cc(C)ncn1.Cc1ccnc(C)n1.Cc1ccnc(C)n1. The molecular formula is C18H24N6. The van der Waals surface area contributed by atoms with Crippen LogP contribution in [0.15, 0.2) is 36.9 Å². The van der Waals surface area contributed by atoms with Gasteiger partial charge in [0, 0.05) is 35.2 Å². The van der Waals surface area contributed by atoms with Crippen molar-refractivity contribution in [3.8, 4) is 0 Å². The van der Waals surface area contributed by atoms with Gasteiger partial charge in [-0.3, -0.25) is 0 Å². The summed E-state index contributed by atoms with van der Waals surface area (Å²) >= 11 is 0. The molecule has 0 unspecified atom stereocenters. The van der Waals surface area contributed by atoms with Gasteiger partial charge in [-0.2, -0.15) is 0 Å². The second kappa shape index (κ2) is 10.1. The zero-order chi connectivity index (χ0) is 17.9. The molecule has 3 aromatic rings. The standard InChI is InChI=1S/3C6H8N2/c1-5-3-6(2)8-4-7-5;2*1-5-3-4-7-6(2)8-5/h3*3-4H,1-2H3. The molecule has 0 radical (unpaired) electrons. The minimum Gasteiger partial charge on any atom is -0.242 e. The normalized spacial score (nSPS) is 9.25. The van der Waals surface area contributed by atoms with E-state index >= 15 is 0 Å². The highest BCUT2D eigenvalue weighted by Crippen LogP contribution is 1.91. The predicted molar refractivity (Wildman–Crippen MR) is 94.5 cm³/mol. The quantitative estimate of drug-likeness (QED) is 0.631.